The maximum Gasteiger partial charge on any atom is 0.260 e. The van der Waals surface area contributed by atoms with E-state index in [-0.39, 0.29) is 18.4 Å². The zero-order valence-electron chi connectivity index (χ0n) is 13.6. The lowest BCUT2D eigenvalue weighted by Crippen LogP contribution is -2.25. The predicted molar refractivity (Wildman–Crippen MR) is 91.6 cm³/mol. The number of rotatable bonds is 5. The van der Waals surface area contributed by atoms with E-state index in [1.54, 1.807) is 25.1 Å². The van der Waals surface area contributed by atoms with Crippen LogP contribution in [0, 0.1) is 6.92 Å². The molecule has 0 spiro atoms. The topological polar surface area (TPSA) is 94.8 Å². The number of imidazole rings is 1. The van der Waals surface area contributed by atoms with Gasteiger partial charge in [-0.25, -0.2) is 18.1 Å². The number of aryl methyl sites for hydroxylation is 2. The molecule has 1 aromatic carbocycles. The number of sulfonamides is 1. The molecule has 3 aromatic rings. The molecule has 0 aliphatic carbocycles. The monoisotopic (exact) mass is 380 g/mol. The summed E-state index contributed by atoms with van der Waals surface area (Å²) in [7, 11) is -3.76. The lowest BCUT2D eigenvalue weighted by Gasteiger charge is -2.07. The van der Waals surface area contributed by atoms with Crippen LogP contribution in [0.15, 0.2) is 23.2 Å². The van der Waals surface area contributed by atoms with E-state index in [4.69, 9.17) is 9.47 Å². The molecule has 0 unspecified atom stereocenters. The van der Waals surface area contributed by atoms with Crippen LogP contribution in [0.4, 0.5) is 0 Å². The quantitative estimate of drug-likeness (QED) is 0.726. The summed E-state index contributed by atoms with van der Waals surface area (Å²) in [6.07, 6.45) is 0.733. The van der Waals surface area contributed by atoms with Crippen molar-refractivity contribution >= 4 is 26.3 Å². The van der Waals surface area contributed by atoms with E-state index in [9.17, 15) is 8.42 Å². The summed E-state index contributed by atoms with van der Waals surface area (Å²) in [4.78, 5) is 4.89. The van der Waals surface area contributed by atoms with Crippen molar-refractivity contribution < 1.29 is 17.9 Å². The van der Waals surface area contributed by atoms with Crippen molar-refractivity contribution in [1.29, 1.82) is 0 Å². The highest BCUT2D eigenvalue weighted by Gasteiger charge is 2.25. The molecule has 1 aliphatic heterocycles. The summed E-state index contributed by atoms with van der Waals surface area (Å²) in [5.41, 5.74) is 1.21. The highest BCUT2D eigenvalue weighted by molar-refractivity contribution is 7.89. The molecule has 0 saturated carbocycles. The molecule has 2 aromatic heterocycles. The number of hydrogen-bond acceptors (Lipinski definition) is 7. The van der Waals surface area contributed by atoms with Crippen molar-refractivity contribution in [2.45, 2.75) is 31.8 Å². The Bertz CT molecular complexity index is 1060. The molecule has 0 amide bonds. The molecule has 1 aliphatic rings. The molecular weight excluding hydrogens is 364 g/mol. The SMILES string of the molecule is CCc1nn2c(S(=O)(=O)NCc3ccc4c(c3)OCO4)c(C)nc2s1. The number of fused-ring (bicyclic) bond motifs is 2. The highest BCUT2D eigenvalue weighted by atomic mass is 32.2. The molecule has 1 N–H and O–H groups in total. The summed E-state index contributed by atoms with van der Waals surface area (Å²) < 4.78 is 40.1. The summed E-state index contributed by atoms with van der Waals surface area (Å²) in [5, 5.41) is 5.26. The third-order valence-electron chi connectivity index (χ3n) is 3.83. The van der Waals surface area contributed by atoms with Crippen molar-refractivity contribution in [3.8, 4) is 11.5 Å². The van der Waals surface area contributed by atoms with Crippen LogP contribution < -0.4 is 14.2 Å². The van der Waals surface area contributed by atoms with Crippen molar-refractivity contribution in [2.24, 2.45) is 0 Å². The van der Waals surface area contributed by atoms with Gasteiger partial charge in [-0.05, 0) is 31.0 Å². The third kappa shape index (κ3) is 2.86. The Kier molecular flexibility index (Phi) is 3.89. The minimum atomic E-state index is -3.76. The Morgan fingerprint density at radius 2 is 2.12 bits per heavy atom. The smallest absolute Gasteiger partial charge is 0.260 e. The standard InChI is InChI=1S/C15H16N4O4S2/c1-3-13-18-19-14(9(2)17-15(19)24-13)25(20,21)16-7-10-4-5-11-12(6-10)23-8-22-11/h4-6,16H,3,7-8H2,1-2H3. The molecule has 0 radical (unpaired) electrons. The van der Waals surface area contributed by atoms with Crippen molar-refractivity contribution in [2.75, 3.05) is 6.79 Å². The van der Waals surface area contributed by atoms with Crippen LogP contribution in [0.5, 0.6) is 11.5 Å². The van der Waals surface area contributed by atoms with Crippen LogP contribution in [-0.4, -0.2) is 29.8 Å². The first-order chi connectivity index (χ1) is 12.0. The Balaban J connectivity index is 1.61. The van der Waals surface area contributed by atoms with E-state index < -0.39 is 10.0 Å². The largest absolute Gasteiger partial charge is 0.454 e. The fraction of sp³-hybridized carbons (Fsp3) is 0.333. The van der Waals surface area contributed by atoms with Gasteiger partial charge in [0, 0.05) is 6.54 Å². The van der Waals surface area contributed by atoms with Gasteiger partial charge >= 0.3 is 0 Å². The summed E-state index contributed by atoms with van der Waals surface area (Å²) in [6.45, 7) is 3.96. The predicted octanol–water partition coefficient (Wildman–Crippen LogP) is 1.87. The maximum atomic E-state index is 12.8. The van der Waals surface area contributed by atoms with E-state index in [1.807, 2.05) is 6.92 Å². The van der Waals surface area contributed by atoms with Crippen LogP contribution >= 0.6 is 11.3 Å². The number of benzene rings is 1. The van der Waals surface area contributed by atoms with Gasteiger partial charge in [-0.3, -0.25) is 0 Å². The summed E-state index contributed by atoms with van der Waals surface area (Å²) in [6, 6.07) is 5.33. The van der Waals surface area contributed by atoms with Crippen LogP contribution in [-0.2, 0) is 23.0 Å². The minimum Gasteiger partial charge on any atom is -0.454 e. The highest BCUT2D eigenvalue weighted by Crippen LogP contribution is 2.32. The molecule has 25 heavy (non-hydrogen) atoms. The van der Waals surface area contributed by atoms with E-state index in [1.165, 1.54) is 15.9 Å². The van der Waals surface area contributed by atoms with Crippen LogP contribution in [0.1, 0.15) is 23.2 Å². The van der Waals surface area contributed by atoms with E-state index in [0.29, 0.717) is 22.2 Å². The van der Waals surface area contributed by atoms with Gasteiger partial charge in [-0.1, -0.05) is 24.3 Å². The zero-order valence-corrected chi connectivity index (χ0v) is 15.3. The normalized spacial score (nSPS) is 13.7. The van der Waals surface area contributed by atoms with E-state index >= 15 is 0 Å². The minimum absolute atomic E-state index is 0.0826. The third-order valence-corrected chi connectivity index (χ3v) is 6.38. The fourth-order valence-electron chi connectivity index (χ4n) is 2.62. The van der Waals surface area contributed by atoms with Crippen molar-refractivity contribution in [1.82, 2.24) is 19.3 Å². The number of nitrogens with one attached hydrogen (secondary N) is 1. The second-order valence-corrected chi connectivity index (χ2v) is 8.28. The zero-order chi connectivity index (χ0) is 17.6. The molecule has 3 heterocycles. The molecule has 0 bridgehead atoms. The fourth-order valence-corrected chi connectivity index (χ4v) is 4.84. The second kappa shape index (κ2) is 5.97. The number of hydrogen-bond donors (Lipinski definition) is 1. The van der Waals surface area contributed by atoms with Crippen LogP contribution in [0.25, 0.3) is 4.96 Å². The molecule has 4 rings (SSSR count). The second-order valence-electron chi connectivity index (χ2n) is 5.56. The molecule has 132 valence electrons. The molecule has 0 fully saturated rings. The average molecular weight is 380 g/mol. The summed E-state index contributed by atoms with van der Waals surface area (Å²) >= 11 is 1.39. The molecule has 0 atom stereocenters. The first kappa shape index (κ1) is 16.3. The lowest BCUT2D eigenvalue weighted by atomic mass is 10.2. The number of aromatic nitrogens is 3. The van der Waals surface area contributed by atoms with Crippen molar-refractivity contribution in [3.63, 3.8) is 0 Å². The Morgan fingerprint density at radius 1 is 1.32 bits per heavy atom. The Morgan fingerprint density at radius 3 is 2.92 bits per heavy atom. The van der Waals surface area contributed by atoms with Gasteiger partial charge in [0.2, 0.25) is 11.8 Å². The summed E-state index contributed by atoms with van der Waals surface area (Å²) in [5.74, 6) is 1.28. The van der Waals surface area contributed by atoms with Gasteiger partial charge in [0.15, 0.2) is 16.5 Å². The van der Waals surface area contributed by atoms with Crippen molar-refractivity contribution in [3.05, 3.63) is 34.5 Å². The van der Waals surface area contributed by atoms with Gasteiger partial charge in [0.25, 0.3) is 10.0 Å². The average Bonchev–Trinajstić information content (AvgIpc) is 3.25. The van der Waals surface area contributed by atoms with E-state index in [2.05, 4.69) is 14.8 Å². The molecular formula is C15H16N4O4S2. The molecule has 10 heteroatoms. The maximum absolute atomic E-state index is 12.8. The molecule has 0 saturated heterocycles. The molecule has 8 nitrogen and oxygen atoms in total. The van der Waals surface area contributed by atoms with Gasteiger partial charge < -0.3 is 9.47 Å². The number of nitrogens with zero attached hydrogens (tertiary/aromatic N) is 3. The van der Waals surface area contributed by atoms with Gasteiger partial charge in [0.1, 0.15) is 5.01 Å². The van der Waals surface area contributed by atoms with Crippen LogP contribution in [0.3, 0.4) is 0 Å². The van der Waals surface area contributed by atoms with Gasteiger partial charge in [-0.2, -0.15) is 9.61 Å². The Hall–Kier alpha value is -2.17. The first-order valence-electron chi connectivity index (χ1n) is 7.71. The van der Waals surface area contributed by atoms with E-state index in [0.717, 1.165) is 17.0 Å². The van der Waals surface area contributed by atoms with Gasteiger partial charge in [0.05, 0.1) is 5.69 Å². The Labute approximate surface area is 148 Å². The number of ether oxygens (including phenoxy) is 2. The lowest BCUT2D eigenvalue weighted by molar-refractivity contribution is 0.174. The first-order valence-corrected chi connectivity index (χ1v) is 10.0. The van der Waals surface area contributed by atoms with Crippen LogP contribution in [0.2, 0.25) is 0 Å². The van der Waals surface area contributed by atoms with Gasteiger partial charge in [-0.15, -0.1) is 0 Å².